The van der Waals surface area contributed by atoms with E-state index in [1.54, 1.807) is 30.3 Å². The molecule has 6 nitrogen and oxygen atoms in total. The van der Waals surface area contributed by atoms with Gasteiger partial charge in [0.25, 0.3) is 0 Å². The van der Waals surface area contributed by atoms with Gasteiger partial charge in [0.2, 0.25) is 15.9 Å². The third-order valence-corrected chi connectivity index (χ3v) is 5.58. The summed E-state index contributed by atoms with van der Waals surface area (Å²) in [6.07, 6.45) is 1.69. The number of nitrogens with one attached hydrogen (secondary N) is 1. The molecule has 0 aliphatic carbocycles. The second-order valence-corrected chi connectivity index (χ2v) is 9.24. The van der Waals surface area contributed by atoms with Gasteiger partial charge in [-0.15, -0.1) is 0 Å². The van der Waals surface area contributed by atoms with Crippen molar-refractivity contribution in [1.29, 1.82) is 0 Å². The molecule has 3 rings (SSSR count). The van der Waals surface area contributed by atoms with Crippen LogP contribution in [0.5, 0.6) is 5.75 Å². The highest BCUT2D eigenvalue weighted by molar-refractivity contribution is 7.92. The van der Waals surface area contributed by atoms with Gasteiger partial charge in [0, 0.05) is 12.0 Å². The molecule has 1 amide bonds. The number of fused-ring (bicyclic) bond motifs is 1. The lowest BCUT2D eigenvalue weighted by Crippen LogP contribution is -2.45. The predicted molar refractivity (Wildman–Crippen MR) is 105 cm³/mol. The van der Waals surface area contributed by atoms with Gasteiger partial charge in [0.1, 0.15) is 17.9 Å². The molecular weight excluding hydrogens is 364 g/mol. The summed E-state index contributed by atoms with van der Waals surface area (Å²) in [5.74, 6) is 0.379. The van der Waals surface area contributed by atoms with Gasteiger partial charge in [-0.05, 0) is 32.0 Å². The molecule has 1 N–H and O–H groups in total. The van der Waals surface area contributed by atoms with Crippen molar-refractivity contribution in [2.75, 3.05) is 17.1 Å². The van der Waals surface area contributed by atoms with E-state index in [0.717, 1.165) is 21.9 Å². The summed E-state index contributed by atoms with van der Waals surface area (Å²) in [5.41, 5.74) is 0.932. The van der Waals surface area contributed by atoms with Crippen LogP contribution in [0.2, 0.25) is 0 Å². The number of hydrogen-bond acceptors (Lipinski definition) is 4. The molecule has 0 fully saturated rings. The van der Waals surface area contributed by atoms with E-state index in [0.29, 0.717) is 12.1 Å². The minimum absolute atomic E-state index is 0.241. The minimum atomic E-state index is -3.59. The molecule has 0 aromatic heterocycles. The Morgan fingerprint density at radius 2 is 1.78 bits per heavy atom. The third kappa shape index (κ3) is 4.60. The molecule has 1 heterocycles. The van der Waals surface area contributed by atoms with Crippen molar-refractivity contribution in [2.45, 2.75) is 31.9 Å². The standard InChI is InChI=1S/C20H24N2O4S/c1-20(2)13-17(16-11-7-8-12-18(16)26-20)21-19(23)14-22(27(3,24)25)15-9-5-4-6-10-15/h4-12,17H,13-14H2,1-3H3,(H,21,23). The average molecular weight is 388 g/mol. The van der Waals surface area contributed by atoms with Crippen molar-refractivity contribution in [1.82, 2.24) is 5.32 Å². The zero-order chi connectivity index (χ0) is 19.7. The van der Waals surface area contributed by atoms with E-state index >= 15 is 0 Å². The minimum Gasteiger partial charge on any atom is -0.487 e. The van der Waals surface area contributed by atoms with Gasteiger partial charge in [-0.3, -0.25) is 9.10 Å². The Labute approximate surface area is 160 Å². The van der Waals surface area contributed by atoms with Gasteiger partial charge in [-0.25, -0.2) is 8.42 Å². The van der Waals surface area contributed by atoms with Gasteiger partial charge in [0.15, 0.2) is 0 Å². The normalized spacial score (nSPS) is 18.1. The zero-order valence-electron chi connectivity index (χ0n) is 15.7. The fraction of sp³-hybridized carbons (Fsp3) is 0.350. The first-order chi connectivity index (χ1) is 12.7. The monoisotopic (exact) mass is 388 g/mol. The Morgan fingerprint density at radius 3 is 2.44 bits per heavy atom. The van der Waals surface area contributed by atoms with E-state index in [4.69, 9.17) is 4.74 Å². The van der Waals surface area contributed by atoms with Crippen LogP contribution in [0, 0.1) is 0 Å². The Morgan fingerprint density at radius 1 is 1.15 bits per heavy atom. The second kappa shape index (κ2) is 7.23. The summed E-state index contributed by atoms with van der Waals surface area (Å²) in [4.78, 5) is 12.7. The SMILES string of the molecule is CC1(C)CC(NC(=O)CN(c2ccccc2)S(C)(=O)=O)c2ccccc2O1. The van der Waals surface area contributed by atoms with E-state index in [1.807, 2.05) is 38.1 Å². The van der Waals surface area contributed by atoms with Crippen molar-refractivity contribution < 1.29 is 17.9 Å². The number of carbonyl (C=O) groups excluding carboxylic acids is 1. The lowest BCUT2D eigenvalue weighted by atomic mass is 9.89. The summed E-state index contributed by atoms with van der Waals surface area (Å²) in [6, 6.07) is 15.9. The van der Waals surface area contributed by atoms with Crippen molar-refractivity contribution in [3.63, 3.8) is 0 Å². The molecule has 0 spiro atoms. The fourth-order valence-electron chi connectivity index (χ4n) is 3.30. The van der Waals surface area contributed by atoms with Crippen molar-refractivity contribution in [3.05, 3.63) is 60.2 Å². The molecule has 27 heavy (non-hydrogen) atoms. The van der Waals surface area contributed by atoms with Gasteiger partial charge >= 0.3 is 0 Å². The number of carbonyl (C=O) groups is 1. The fourth-order valence-corrected chi connectivity index (χ4v) is 4.15. The van der Waals surface area contributed by atoms with Crippen molar-refractivity contribution >= 4 is 21.6 Å². The predicted octanol–water partition coefficient (Wildman–Crippen LogP) is 2.87. The van der Waals surface area contributed by atoms with E-state index in [9.17, 15) is 13.2 Å². The van der Waals surface area contributed by atoms with Gasteiger partial charge < -0.3 is 10.1 Å². The molecule has 0 saturated carbocycles. The maximum Gasteiger partial charge on any atom is 0.241 e. The van der Waals surface area contributed by atoms with E-state index in [1.165, 1.54) is 0 Å². The molecule has 1 aliphatic rings. The third-order valence-electron chi connectivity index (χ3n) is 4.44. The number of hydrogen-bond donors (Lipinski definition) is 1. The summed E-state index contributed by atoms with van der Waals surface area (Å²) in [6.45, 7) is 3.66. The number of ether oxygens (including phenoxy) is 1. The highest BCUT2D eigenvalue weighted by Crippen LogP contribution is 2.39. The van der Waals surface area contributed by atoms with Crippen LogP contribution in [-0.2, 0) is 14.8 Å². The quantitative estimate of drug-likeness (QED) is 0.855. The van der Waals surface area contributed by atoms with Crippen molar-refractivity contribution in [3.8, 4) is 5.75 Å². The summed E-state index contributed by atoms with van der Waals surface area (Å²) in [5, 5.41) is 2.98. The number of sulfonamides is 1. The molecule has 0 radical (unpaired) electrons. The molecule has 1 aliphatic heterocycles. The number of rotatable bonds is 5. The largest absolute Gasteiger partial charge is 0.487 e. The Hall–Kier alpha value is -2.54. The first kappa shape index (κ1) is 19.2. The van der Waals surface area contributed by atoms with Gasteiger partial charge in [0.05, 0.1) is 18.0 Å². The molecule has 0 bridgehead atoms. The lowest BCUT2D eigenvalue weighted by Gasteiger charge is -2.38. The maximum absolute atomic E-state index is 12.7. The summed E-state index contributed by atoms with van der Waals surface area (Å²) < 4.78 is 31.5. The number of nitrogens with zero attached hydrogens (tertiary/aromatic N) is 1. The summed E-state index contributed by atoms with van der Waals surface area (Å²) in [7, 11) is -3.59. The van der Waals surface area contributed by atoms with Crippen LogP contribution in [0.4, 0.5) is 5.69 Å². The average Bonchev–Trinajstić information content (AvgIpc) is 2.58. The van der Waals surface area contributed by atoms with Crippen LogP contribution in [0.15, 0.2) is 54.6 Å². The first-order valence-electron chi connectivity index (χ1n) is 8.76. The highest BCUT2D eigenvalue weighted by atomic mass is 32.2. The molecule has 1 unspecified atom stereocenters. The molecule has 0 saturated heterocycles. The van der Waals surface area contributed by atoms with Crippen LogP contribution >= 0.6 is 0 Å². The number of anilines is 1. The molecule has 2 aromatic carbocycles. The van der Waals surface area contributed by atoms with Crippen LogP contribution in [0.3, 0.4) is 0 Å². The lowest BCUT2D eigenvalue weighted by molar-refractivity contribution is -0.120. The smallest absolute Gasteiger partial charge is 0.241 e. The maximum atomic E-state index is 12.7. The Kier molecular flexibility index (Phi) is 5.15. The number of para-hydroxylation sites is 2. The van der Waals surface area contributed by atoms with Crippen LogP contribution in [0.25, 0.3) is 0 Å². The number of benzene rings is 2. The van der Waals surface area contributed by atoms with Gasteiger partial charge in [-0.1, -0.05) is 36.4 Å². The van der Waals surface area contributed by atoms with Crippen LogP contribution < -0.4 is 14.4 Å². The van der Waals surface area contributed by atoms with Crippen LogP contribution in [0.1, 0.15) is 31.9 Å². The highest BCUT2D eigenvalue weighted by Gasteiger charge is 2.34. The van der Waals surface area contributed by atoms with Crippen LogP contribution in [-0.4, -0.2) is 32.7 Å². The van der Waals surface area contributed by atoms with Crippen molar-refractivity contribution in [2.24, 2.45) is 0 Å². The molecule has 1 atom stereocenters. The van der Waals surface area contributed by atoms with E-state index in [2.05, 4.69) is 5.32 Å². The van der Waals surface area contributed by atoms with E-state index < -0.39 is 15.6 Å². The molecule has 2 aromatic rings. The Bertz CT molecular complexity index is 926. The van der Waals surface area contributed by atoms with Gasteiger partial charge in [-0.2, -0.15) is 0 Å². The van der Waals surface area contributed by atoms with E-state index in [-0.39, 0.29) is 18.5 Å². The Balaban J connectivity index is 1.80. The molecule has 7 heteroatoms. The molecular formula is C20H24N2O4S. The first-order valence-corrected chi connectivity index (χ1v) is 10.6. The number of amides is 1. The second-order valence-electron chi connectivity index (χ2n) is 7.33. The summed E-state index contributed by atoms with van der Waals surface area (Å²) >= 11 is 0. The zero-order valence-corrected chi connectivity index (χ0v) is 16.5. The molecule has 144 valence electrons. The topological polar surface area (TPSA) is 75.7 Å².